The van der Waals surface area contributed by atoms with Crippen molar-refractivity contribution in [3.05, 3.63) is 47.2 Å². The first kappa shape index (κ1) is 12.7. The molecule has 0 aliphatic heterocycles. The molecule has 1 heterocycles. The average molecular weight is 271 g/mol. The highest BCUT2D eigenvalue weighted by molar-refractivity contribution is 5.75. The summed E-state index contributed by atoms with van der Waals surface area (Å²) in [4.78, 5) is 12.0. The first-order chi connectivity index (χ1) is 9.66. The maximum atomic E-state index is 12.0. The topological polar surface area (TPSA) is 70.1 Å². The predicted molar refractivity (Wildman–Crippen MR) is 75.4 cm³/mol. The van der Waals surface area contributed by atoms with Crippen LogP contribution in [0, 0.1) is 0 Å². The molecule has 0 radical (unpaired) electrons. The summed E-state index contributed by atoms with van der Waals surface area (Å²) < 4.78 is 6.43. The number of anilines is 1. The molecular weight excluding hydrogens is 254 g/mol. The number of aromatic nitrogens is 2. The Morgan fingerprint density at radius 2 is 2.20 bits per heavy atom. The van der Waals surface area contributed by atoms with Crippen molar-refractivity contribution in [2.75, 3.05) is 5.73 Å². The minimum atomic E-state index is -0.520. The van der Waals surface area contributed by atoms with Crippen LogP contribution in [0.1, 0.15) is 36.1 Å². The van der Waals surface area contributed by atoms with Gasteiger partial charge in [0.15, 0.2) is 0 Å². The van der Waals surface area contributed by atoms with E-state index < -0.39 is 6.09 Å². The number of hydrogen-bond donors (Lipinski definition) is 1. The number of rotatable bonds is 2. The fourth-order valence-electron chi connectivity index (χ4n) is 2.55. The first-order valence-corrected chi connectivity index (χ1v) is 6.75. The highest BCUT2D eigenvalue weighted by Gasteiger charge is 2.28. The van der Waals surface area contributed by atoms with E-state index in [-0.39, 0.29) is 6.61 Å². The summed E-state index contributed by atoms with van der Waals surface area (Å²) in [7, 11) is 0. The van der Waals surface area contributed by atoms with Gasteiger partial charge in [0.2, 0.25) is 0 Å². The van der Waals surface area contributed by atoms with Gasteiger partial charge in [-0.2, -0.15) is 5.10 Å². The van der Waals surface area contributed by atoms with Gasteiger partial charge in [-0.1, -0.05) is 37.3 Å². The summed E-state index contributed by atoms with van der Waals surface area (Å²) in [5.74, 6) is 0.776. The van der Waals surface area contributed by atoms with Crippen molar-refractivity contribution < 1.29 is 9.53 Å². The fraction of sp³-hybridized carbons (Fsp3) is 0.333. The Kier molecular flexibility index (Phi) is 3.18. The zero-order valence-electron chi connectivity index (χ0n) is 11.4. The molecule has 0 amide bonds. The molecule has 104 valence electrons. The van der Waals surface area contributed by atoms with Crippen LogP contribution in [0.3, 0.4) is 0 Å². The van der Waals surface area contributed by atoms with E-state index in [0.717, 1.165) is 29.7 Å². The molecule has 0 saturated heterocycles. The molecule has 3 rings (SSSR count). The Balaban J connectivity index is 1.74. The van der Waals surface area contributed by atoms with Gasteiger partial charge in [-0.3, -0.25) is 0 Å². The van der Waals surface area contributed by atoms with Crippen molar-refractivity contribution in [2.24, 2.45) is 0 Å². The number of nitrogen functional groups attached to an aromatic ring is 1. The van der Waals surface area contributed by atoms with Crippen molar-refractivity contribution in [1.82, 2.24) is 9.78 Å². The monoisotopic (exact) mass is 271 g/mol. The van der Waals surface area contributed by atoms with E-state index in [1.165, 1.54) is 4.68 Å². The van der Waals surface area contributed by atoms with Gasteiger partial charge in [0.05, 0.1) is 5.69 Å². The molecule has 5 heteroatoms. The van der Waals surface area contributed by atoms with E-state index in [1.807, 2.05) is 30.3 Å². The minimum absolute atomic E-state index is 0.221. The average Bonchev–Trinajstić information content (AvgIpc) is 2.99. The number of fused-ring (bicyclic) bond motifs is 1. The number of carbonyl (C=O) groups is 1. The number of nitrogens with zero attached hydrogens (tertiary/aromatic N) is 2. The number of benzene rings is 1. The molecule has 1 aromatic heterocycles. The molecule has 0 saturated carbocycles. The van der Waals surface area contributed by atoms with Crippen LogP contribution in [-0.4, -0.2) is 15.9 Å². The molecule has 2 aromatic rings. The summed E-state index contributed by atoms with van der Waals surface area (Å²) in [6.45, 7) is 2.32. The molecule has 2 N–H and O–H groups in total. The van der Waals surface area contributed by atoms with Crippen LogP contribution in [0.2, 0.25) is 0 Å². The van der Waals surface area contributed by atoms with Gasteiger partial charge < -0.3 is 10.5 Å². The van der Waals surface area contributed by atoms with Gasteiger partial charge in [0, 0.05) is 11.5 Å². The second-order valence-corrected chi connectivity index (χ2v) is 5.14. The van der Waals surface area contributed by atoms with E-state index in [1.54, 1.807) is 0 Å². The standard InChI is InChI=1S/C15H17N3O2/c1-10-7-8-12-13(10)17-18(14(12)16)15(19)20-9-11-5-3-2-4-6-11/h2-6,10H,7-9,16H2,1H3. The number of carbonyl (C=O) groups excluding carboxylic acids is 1. The highest BCUT2D eigenvalue weighted by Crippen LogP contribution is 2.35. The van der Waals surface area contributed by atoms with Gasteiger partial charge in [0.1, 0.15) is 12.4 Å². The maximum absolute atomic E-state index is 12.0. The van der Waals surface area contributed by atoms with Crippen LogP contribution in [-0.2, 0) is 17.8 Å². The van der Waals surface area contributed by atoms with Crippen molar-refractivity contribution in [1.29, 1.82) is 0 Å². The summed E-state index contributed by atoms with van der Waals surface area (Å²) in [6, 6.07) is 9.54. The molecule has 1 aliphatic rings. The van der Waals surface area contributed by atoms with Gasteiger partial charge in [-0.25, -0.2) is 4.79 Å². The normalized spacial score (nSPS) is 16.9. The Bertz CT molecular complexity index is 634. The molecular formula is C15H17N3O2. The van der Waals surface area contributed by atoms with E-state index in [9.17, 15) is 4.79 Å². The lowest BCUT2D eigenvalue weighted by Gasteiger charge is -2.06. The summed E-state index contributed by atoms with van der Waals surface area (Å²) in [6.07, 6.45) is 1.41. The maximum Gasteiger partial charge on any atom is 0.436 e. The highest BCUT2D eigenvalue weighted by atomic mass is 16.6. The predicted octanol–water partition coefficient (Wildman–Crippen LogP) is 2.70. The third-order valence-electron chi connectivity index (χ3n) is 3.73. The van der Waals surface area contributed by atoms with Crippen LogP contribution in [0.5, 0.6) is 0 Å². The fourth-order valence-corrected chi connectivity index (χ4v) is 2.55. The Morgan fingerprint density at radius 1 is 1.45 bits per heavy atom. The van der Waals surface area contributed by atoms with Gasteiger partial charge in [-0.15, -0.1) is 4.68 Å². The van der Waals surface area contributed by atoms with E-state index in [0.29, 0.717) is 11.7 Å². The van der Waals surface area contributed by atoms with Crippen LogP contribution in [0.25, 0.3) is 0 Å². The molecule has 0 spiro atoms. The van der Waals surface area contributed by atoms with E-state index in [2.05, 4.69) is 12.0 Å². The Labute approximate surface area is 117 Å². The zero-order chi connectivity index (χ0) is 14.1. The third kappa shape index (κ3) is 2.15. The van der Waals surface area contributed by atoms with E-state index in [4.69, 9.17) is 10.5 Å². The van der Waals surface area contributed by atoms with Crippen LogP contribution in [0.4, 0.5) is 10.6 Å². The van der Waals surface area contributed by atoms with Crippen molar-refractivity contribution in [2.45, 2.75) is 32.3 Å². The number of ether oxygens (including phenoxy) is 1. The van der Waals surface area contributed by atoms with Crippen LogP contribution < -0.4 is 5.73 Å². The van der Waals surface area contributed by atoms with Gasteiger partial charge >= 0.3 is 6.09 Å². The second-order valence-electron chi connectivity index (χ2n) is 5.14. The molecule has 1 atom stereocenters. The summed E-state index contributed by atoms with van der Waals surface area (Å²) in [5.41, 5.74) is 8.85. The number of hydrogen-bond acceptors (Lipinski definition) is 4. The van der Waals surface area contributed by atoms with Crippen molar-refractivity contribution in [3.63, 3.8) is 0 Å². The van der Waals surface area contributed by atoms with Crippen molar-refractivity contribution >= 4 is 11.9 Å². The summed E-state index contributed by atoms with van der Waals surface area (Å²) >= 11 is 0. The Morgan fingerprint density at radius 3 is 2.90 bits per heavy atom. The molecule has 0 fully saturated rings. The molecule has 1 unspecified atom stereocenters. The summed E-state index contributed by atoms with van der Waals surface area (Å²) in [5, 5.41) is 4.30. The smallest absolute Gasteiger partial charge is 0.436 e. The molecule has 1 aliphatic carbocycles. The first-order valence-electron chi connectivity index (χ1n) is 6.75. The number of nitrogens with two attached hydrogens (primary N) is 1. The zero-order valence-corrected chi connectivity index (χ0v) is 11.4. The minimum Gasteiger partial charge on any atom is -0.443 e. The van der Waals surface area contributed by atoms with E-state index >= 15 is 0 Å². The van der Waals surface area contributed by atoms with Gasteiger partial charge in [0.25, 0.3) is 0 Å². The molecule has 5 nitrogen and oxygen atoms in total. The lowest BCUT2D eigenvalue weighted by atomic mass is 10.1. The van der Waals surface area contributed by atoms with Crippen LogP contribution in [0.15, 0.2) is 30.3 Å². The second kappa shape index (κ2) is 5.00. The van der Waals surface area contributed by atoms with Crippen LogP contribution >= 0.6 is 0 Å². The van der Waals surface area contributed by atoms with Gasteiger partial charge in [-0.05, 0) is 18.4 Å². The molecule has 0 bridgehead atoms. The lowest BCUT2D eigenvalue weighted by Crippen LogP contribution is -2.18. The largest absolute Gasteiger partial charge is 0.443 e. The molecule has 20 heavy (non-hydrogen) atoms. The molecule has 1 aromatic carbocycles. The lowest BCUT2D eigenvalue weighted by molar-refractivity contribution is 0.138. The SMILES string of the molecule is CC1CCc2c1nn(C(=O)OCc1ccccc1)c2N. The van der Waals surface area contributed by atoms with Crippen molar-refractivity contribution in [3.8, 4) is 0 Å². The third-order valence-corrected chi connectivity index (χ3v) is 3.73. The Hall–Kier alpha value is -2.30. The quantitative estimate of drug-likeness (QED) is 0.911.